The van der Waals surface area contributed by atoms with Gasteiger partial charge in [0.2, 0.25) is 0 Å². The first-order valence-electron chi connectivity index (χ1n) is 11.7. The molecule has 0 radical (unpaired) electrons. The Labute approximate surface area is 234 Å². The molecule has 42 heavy (non-hydrogen) atoms. The van der Waals surface area contributed by atoms with Crippen molar-refractivity contribution in [3.05, 3.63) is 58.5 Å². The molecule has 2 amide bonds. The number of aromatic nitrogens is 2. The van der Waals surface area contributed by atoms with E-state index in [0.717, 1.165) is 6.07 Å². The highest BCUT2D eigenvalue weighted by Gasteiger charge is 2.38. The van der Waals surface area contributed by atoms with Crippen molar-refractivity contribution in [3.8, 4) is 11.5 Å². The number of carbonyl (C=O) groups is 3. The number of rotatable bonds is 9. The number of methoxy groups -OCH3 is 1. The lowest BCUT2D eigenvalue weighted by Gasteiger charge is -2.26. The van der Waals surface area contributed by atoms with Gasteiger partial charge in [-0.2, -0.15) is 13.2 Å². The van der Waals surface area contributed by atoms with Gasteiger partial charge < -0.3 is 30.3 Å². The highest BCUT2D eigenvalue weighted by atomic mass is 19.4. The number of alkyl halides is 4. The van der Waals surface area contributed by atoms with Crippen LogP contribution in [0.2, 0.25) is 0 Å². The minimum Gasteiger partial charge on any atom is -0.494 e. The van der Waals surface area contributed by atoms with E-state index in [1.165, 1.54) is 24.5 Å². The van der Waals surface area contributed by atoms with Gasteiger partial charge in [-0.25, -0.2) is 27.7 Å². The molecular formula is C25H26F6N4O7. The van der Waals surface area contributed by atoms with Gasteiger partial charge in [0.15, 0.2) is 23.0 Å². The molecule has 0 fully saturated rings. The Kier molecular flexibility index (Phi) is 10.6. The van der Waals surface area contributed by atoms with E-state index in [1.807, 2.05) is 5.32 Å². The number of carbonyl (C=O) groups excluding carboxylic acids is 1. The van der Waals surface area contributed by atoms with Crippen molar-refractivity contribution in [2.75, 3.05) is 20.3 Å². The van der Waals surface area contributed by atoms with Crippen LogP contribution in [0, 0.1) is 25.5 Å². The van der Waals surface area contributed by atoms with Crippen LogP contribution in [0.4, 0.5) is 31.1 Å². The first-order chi connectivity index (χ1) is 19.4. The Balaban J connectivity index is 0.000000782. The number of carboxylic acid groups (broad SMARTS) is 2. The Hall–Kier alpha value is -4.70. The van der Waals surface area contributed by atoms with Crippen LogP contribution in [0.25, 0.3) is 5.65 Å². The predicted molar refractivity (Wildman–Crippen MR) is 133 cm³/mol. The van der Waals surface area contributed by atoms with Crippen LogP contribution < -0.4 is 20.1 Å². The molecule has 0 saturated heterocycles. The van der Waals surface area contributed by atoms with Crippen LogP contribution in [0.1, 0.15) is 34.2 Å². The zero-order valence-corrected chi connectivity index (χ0v) is 22.5. The van der Waals surface area contributed by atoms with Gasteiger partial charge in [0.05, 0.1) is 23.9 Å². The van der Waals surface area contributed by atoms with Crippen molar-refractivity contribution in [1.29, 1.82) is 0 Å². The van der Waals surface area contributed by atoms with Gasteiger partial charge in [-0.1, -0.05) is 0 Å². The van der Waals surface area contributed by atoms with E-state index in [4.69, 9.17) is 24.5 Å². The van der Waals surface area contributed by atoms with Gasteiger partial charge in [0.1, 0.15) is 24.8 Å². The smallest absolute Gasteiger partial charge is 0.490 e. The summed E-state index contributed by atoms with van der Waals surface area (Å²) in [4.78, 5) is 37.1. The van der Waals surface area contributed by atoms with E-state index in [-0.39, 0.29) is 34.9 Å². The highest BCUT2D eigenvalue weighted by molar-refractivity contribution is 5.95. The Morgan fingerprint density at radius 3 is 2.24 bits per heavy atom. The molecule has 2 heterocycles. The number of carboxylic acids is 1. The fourth-order valence-electron chi connectivity index (χ4n) is 3.50. The zero-order valence-electron chi connectivity index (χ0n) is 22.5. The molecule has 0 aliphatic heterocycles. The van der Waals surface area contributed by atoms with Gasteiger partial charge in [-0.15, -0.1) is 0 Å². The summed E-state index contributed by atoms with van der Waals surface area (Å²) in [7, 11) is 1.26. The maximum absolute atomic E-state index is 14.5. The first kappa shape index (κ1) is 33.5. The molecule has 0 bridgehead atoms. The van der Waals surface area contributed by atoms with Gasteiger partial charge in [-0.05, 0) is 44.5 Å². The molecule has 17 heteroatoms. The molecule has 0 saturated carbocycles. The molecule has 3 rings (SSSR count). The average Bonchev–Trinajstić information content (AvgIpc) is 3.22. The molecule has 1 atom stereocenters. The molecule has 0 aliphatic rings. The number of aryl methyl sites for hydroxylation is 2. The fraction of sp³-hybridized carbons (Fsp3) is 0.360. The number of nitrogens with one attached hydrogen (secondary N) is 2. The van der Waals surface area contributed by atoms with E-state index in [1.54, 1.807) is 26.1 Å². The monoisotopic (exact) mass is 608 g/mol. The summed E-state index contributed by atoms with van der Waals surface area (Å²) in [6, 6.07) is 3.84. The van der Waals surface area contributed by atoms with Crippen molar-refractivity contribution in [2.24, 2.45) is 0 Å². The summed E-state index contributed by atoms with van der Waals surface area (Å²) in [5.41, 5.74) is -0.550. The molecule has 1 unspecified atom stereocenters. The second kappa shape index (κ2) is 13.3. The molecule has 1 aromatic carbocycles. The van der Waals surface area contributed by atoms with E-state index < -0.39 is 54.6 Å². The zero-order chi connectivity index (χ0) is 32.0. The van der Waals surface area contributed by atoms with E-state index >= 15 is 0 Å². The van der Waals surface area contributed by atoms with Crippen LogP contribution in [0.15, 0.2) is 24.4 Å². The second-order valence-electron chi connectivity index (χ2n) is 9.06. The number of nitrogens with zero attached hydrogens (tertiary/aromatic N) is 2. The largest absolute Gasteiger partial charge is 0.494 e. The molecular weight excluding hydrogens is 582 g/mol. The summed E-state index contributed by atoms with van der Waals surface area (Å²) in [6.45, 7) is 2.80. The topological polar surface area (TPSA) is 151 Å². The predicted octanol–water partition coefficient (Wildman–Crippen LogP) is 4.18. The van der Waals surface area contributed by atoms with Crippen LogP contribution in [0.5, 0.6) is 11.5 Å². The molecule has 4 N–H and O–H groups in total. The summed E-state index contributed by atoms with van der Waals surface area (Å²) in [6.07, 6.45) is -4.89. The quantitative estimate of drug-likeness (QED) is 0.264. The van der Waals surface area contributed by atoms with Crippen molar-refractivity contribution in [1.82, 2.24) is 20.0 Å². The molecule has 230 valence electrons. The van der Waals surface area contributed by atoms with Crippen LogP contribution >= 0.6 is 0 Å². The first-order valence-corrected chi connectivity index (χ1v) is 11.7. The number of imidazole rings is 1. The summed E-state index contributed by atoms with van der Waals surface area (Å²) < 4.78 is 85.9. The van der Waals surface area contributed by atoms with E-state index in [9.17, 15) is 35.9 Å². The number of fused-ring (bicyclic) bond motifs is 1. The lowest BCUT2D eigenvalue weighted by Crippen LogP contribution is -2.55. The lowest BCUT2D eigenvalue weighted by molar-refractivity contribution is -0.192. The van der Waals surface area contributed by atoms with Crippen LogP contribution in [0.3, 0.4) is 0 Å². The number of halogens is 6. The Morgan fingerprint density at radius 2 is 1.71 bits per heavy atom. The maximum Gasteiger partial charge on any atom is 0.490 e. The minimum absolute atomic E-state index is 0.115. The third kappa shape index (κ3) is 8.17. The van der Waals surface area contributed by atoms with Crippen molar-refractivity contribution in [2.45, 2.75) is 39.1 Å². The van der Waals surface area contributed by atoms with Crippen LogP contribution in [-0.4, -0.2) is 69.6 Å². The molecule has 0 spiro atoms. The number of benzene rings is 1. The lowest BCUT2D eigenvalue weighted by atomic mass is 10.1. The van der Waals surface area contributed by atoms with E-state index in [0.29, 0.717) is 11.3 Å². The fourth-order valence-corrected chi connectivity index (χ4v) is 3.50. The van der Waals surface area contributed by atoms with Crippen LogP contribution in [-0.2, 0) is 11.4 Å². The number of hydrogen-bond acceptors (Lipinski definition) is 6. The number of hydrogen-bond donors (Lipinski definition) is 4. The van der Waals surface area contributed by atoms with Gasteiger partial charge in [-0.3, -0.25) is 9.20 Å². The molecule has 2 aromatic heterocycles. The molecule has 11 nitrogen and oxygen atoms in total. The third-order valence-corrected chi connectivity index (χ3v) is 5.54. The second-order valence-corrected chi connectivity index (χ2v) is 9.06. The van der Waals surface area contributed by atoms with Gasteiger partial charge in [0.25, 0.3) is 5.91 Å². The number of ether oxygens (including phenoxy) is 2. The normalized spacial score (nSPS) is 12.5. The number of pyridine rings is 1. The summed E-state index contributed by atoms with van der Waals surface area (Å²) >= 11 is 0. The third-order valence-electron chi connectivity index (χ3n) is 5.54. The average molecular weight is 608 g/mol. The minimum atomic E-state index is -5.08. The SMILES string of the molecule is COc1ccc(F)c(COc2cc(C)cn3c(C(=O)NCC(C)(CF)NC(=O)O)c(C)nc23)c1F.O=C(O)C(F)(F)F. The maximum atomic E-state index is 14.5. The van der Waals surface area contributed by atoms with E-state index in [2.05, 4.69) is 10.3 Å². The Morgan fingerprint density at radius 1 is 1.10 bits per heavy atom. The number of aliphatic carboxylic acids is 1. The van der Waals surface area contributed by atoms with Gasteiger partial charge in [0, 0.05) is 12.7 Å². The van der Waals surface area contributed by atoms with Crippen molar-refractivity contribution < 1.29 is 60.4 Å². The Bertz CT molecular complexity index is 1480. The van der Waals surface area contributed by atoms with Crippen molar-refractivity contribution >= 4 is 23.6 Å². The summed E-state index contributed by atoms with van der Waals surface area (Å²) in [5.74, 6) is -5.03. The highest BCUT2D eigenvalue weighted by Crippen LogP contribution is 2.28. The van der Waals surface area contributed by atoms with Crippen molar-refractivity contribution in [3.63, 3.8) is 0 Å². The van der Waals surface area contributed by atoms with Gasteiger partial charge >= 0.3 is 18.2 Å². The number of amides is 2. The summed E-state index contributed by atoms with van der Waals surface area (Å²) in [5, 5.41) is 20.6. The molecule has 0 aliphatic carbocycles. The molecule has 3 aromatic rings. The standard InChI is InChI=1S/C23H25F3N4O5.C2HF3O2/c1-12-7-17(35-9-14-15(25)5-6-16(34-4)18(14)26)20-28-13(2)19(30(20)8-12)21(31)27-11-23(3,10-24)29-22(32)33;3-2(4,5)1(6)7/h5-8,29H,9-11H2,1-4H3,(H,27,31)(H,32,33);(H,6,7).